The molecule has 1 saturated heterocycles. The molecule has 2 heterocycles. The molecule has 1 aromatic rings. The lowest BCUT2D eigenvalue weighted by Crippen LogP contribution is -2.19. The Morgan fingerprint density at radius 1 is 1.69 bits per heavy atom. The van der Waals surface area contributed by atoms with Gasteiger partial charge in [-0.05, 0) is 12.8 Å². The number of nitrogen functional groups attached to an aromatic ring is 1. The summed E-state index contributed by atoms with van der Waals surface area (Å²) in [5.41, 5.74) is 7.75. The third-order valence-electron chi connectivity index (χ3n) is 2.56. The van der Waals surface area contributed by atoms with Crippen molar-refractivity contribution in [2.24, 2.45) is 7.05 Å². The van der Waals surface area contributed by atoms with Crippen LogP contribution in [0.1, 0.15) is 24.5 Å². The van der Waals surface area contributed by atoms with Gasteiger partial charge in [0.2, 0.25) is 0 Å². The van der Waals surface area contributed by atoms with Crippen molar-refractivity contribution in [3.05, 3.63) is 11.9 Å². The summed E-state index contributed by atoms with van der Waals surface area (Å²) >= 11 is 0. The molecule has 1 aliphatic heterocycles. The first-order valence-corrected chi connectivity index (χ1v) is 4.64. The Kier molecular flexibility index (Phi) is 2.22. The van der Waals surface area contributed by atoms with Crippen LogP contribution < -0.4 is 5.73 Å². The maximum Gasteiger partial charge on any atom is 0.0736 e. The van der Waals surface area contributed by atoms with E-state index in [2.05, 4.69) is 5.10 Å². The van der Waals surface area contributed by atoms with Gasteiger partial charge >= 0.3 is 0 Å². The molecule has 0 saturated carbocycles. The number of nitrogens with zero attached hydrogens (tertiary/aromatic N) is 2. The van der Waals surface area contributed by atoms with E-state index >= 15 is 0 Å². The molecule has 4 heteroatoms. The second-order valence-corrected chi connectivity index (χ2v) is 3.52. The van der Waals surface area contributed by atoms with Gasteiger partial charge < -0.3 is 10.5 Å². The molecule has 1 unspecified atom stereocenters. The van der Waals surface area contributed by atoms with Gasteiger partial charge in [-0.1, -0.05) is 0 Å². The van der Waals surface area contributed by atoms with Crippen LogP contribution in [0, 0.1) is 0 Å². The van der Waals surface area contributed by atoms with Crippen LogP contribution in [0.4, 0.5) is 5.69 Å². The molecule has 1 fully saturated rings. The topological polar surface area (TPSA) is 53.1 Å². The van der Waals surface area contributed by atoms with Crippen molar-refractivity contribution in [3.63, 3.8) is 0 Å². The molecular weight excluding hydrogens is 166 g/mol. The van der Waals surface area contributed by atoms with Crippen LogP contribution >= 0.6 is 0 Å². The van der Waals surface area contributed by atoms with Crippen LogP contribution in [-0.4, -0.2) is 23.0 Å². The van der Waals surface area contributed by atoms with Gasteiger partial charge in [0, 0.05) is 19.6 Å². The van der Waals surface area contributed by atoms with E-state index in [9.17, 15) is 0 Å². The van der Waals surface area contributed by atoms with E-state index in [4.69, 9.17) is 10.5 Å². The average molecular weight is 181 g/mol. The highest BCUT2D eigenvalue weighted by molar-refractivity contribution is 5.43. The average Bonchev–Trinajstić information content (AvgIpc) is 2.48. The predicted molar refractivity (Wildman–Crippen MR) is 50.4 cm³/mol. The second-order valence-electron chi connectivity index (χ2n) is 3.52. The maximum absolute atomic E-state index is 5.83. The number of hydrogen-bond acceptors (Lipinski definition) is 3. The SMILES string of the molecule is Cn1ncc(N)c1C1CCCOC1. The molecule has 0 bridgehead atoms. The molecule has 1 atom stereocenters. The van der Waals surface area contributed by atoms with Gasteiger partial charge in [0.1, 0.15) is 0 Å². The first-order chi connectivity index (χ1) is 6.29. The van der Waals surface area contributed by atoms with Gasteiger partial charge in [-0.2, -0.15) is 5.10 Å². The number of rotatable bonds is 1. The molecule has 13 heavy (non-hydrogen) atoms. The van der Waals surface area contributed by atoms with E-state index in [1.807, 2.05) is 11.7 Å². The Labute approximate surface area is 77.7 Å². The third-order valence-corrected chi connectivity index (χ3v) is 2.56. The van der Waals surface area contributed by atoms with Gasteiger partial charge in [0.15, 0.2) is 0 Å². The lowest BCUT2D eigenvalue weighted by atomic mass is 9.98. The standard InChI is InChI=1S/C9H15N3O/c1-12-9(8(10)5-11-12)7-3-2-4-13-6-7/h5,7H,2-4,6,10H2,1H3. The van der Waals surface area contributed by atoms with Gasteiger partial charge in [0.05, 0.1) is 24.2 Å². The normalized spacial score (nSPS) is 23.3. The molecular formula is C9H15N3O. The summed E-state index contributed by atoms with van der Waals surface area (Å²) in [4.78, 5) is 0. The fourth-order valence-corrected chi connectivity index (χ4v) is 1.92. The monoisotopic (exact) mass is 181 g/mol. The van der Waals surface area contributed by atoms with Crippen molar-refractivity contribution in [1.82, 2.24) is 9.78 Å². The van der Waals surface area contributed by atoms with E-state index in [1.165, 1.54) is 0 Å². The fourth-order valence-electron chi connectivity index (χ4n) is 1.92. The number of anilines is 1. The van der Waals surface area contributed by atoms with Gasteiger partial charge in [-0.15, -0.1) is 0 Å². The summed E-state index contributed by atoms with van der Waals surface area (Å²) in [5, 5.41) is 4.13. The summed E-state index contributed by atoms with van der Waals surface area (Å²) in [6, 6.07) is 0. The van der Waals surface area contributed by atoms with Crippen LogP contribution in [0.2, 0.25) is 0 Å². The first-order valence-electron chi connectivity index (χ1n) is 4.64. The van der Waals surface area contributed by atoms with E-state index in [-0.39, 0.29) is 0 Å². The Morgan fingerprint density at radius 3 is 3.08 bits per heavy atom. The minimum Gasteiger partial charge on any atom is -0.396 e. The smallest absolute Gasteiger partial charge is 0.0736 e. The highest BCUT2D eigenvalue weighted by Crippen LogP contribution is 2.28. The van der Waals surface area contributed by atoms with E-state index < -0.39 is 0 Å². The number of aromatic nitrogens is 2. The molecule has 0 radical (unpaired) electrons. The third kappa shape index (κ3) is 1.54. The molecule has 0 aliphatic carbocycles. The Morgan fingerprint density at radius 2 is 2.54 bits per heavy atom. The molecule has 2 N–H and O–H groups in total. The molecule has 1 aromatic heterocycles. The zero-order valence-electron chi connectivity index (χ0n) is 7.86. The number of aryl methyl sites for hydroxylation is 1. The molecule has 4 nitrogen and oxygen atoms in total. The molecule has 1 aliphatic rings. The van der Waals surface area contributed by atoms with Crippen LogP contribution in [0.3, 0.4) is 0 Å². The van der Waals surface area contributed by atoms with E-state index in [1.54, 1.807) is 6.20 Å². The molecule has 0 aromatic carbocycles. The lowest BCUT2D eigenvalue weighted by molar-refractivity contribution is 0.0784. The quantitative estimate of drug-likeness (QED) is 0.700. The highest BCUT2D eigenvalue weighted by Gasteiger charge is 2.21. The van der Waals surface area contributed by atoms with E-state index in [0.29, 0.717) is 5.92 Å². The van der Waals surface area contributed by atoms with Gasteiger partial charge in [-0.25, -0.2) is 0 Å². The van der Waals surface area contributed by atoms with Crippen molar-refractivity contribution >= 4 is 5.69 Å². The summed E-state index contributed by atoms with van der Waals surface area (Å²) in [6.07, 6.45) is 3.99. The van der Waals surface area contributed by atoms with Crippen LogP contribution in [0.25, 0.3) is 0 Å². The zero-order valence-corrected chi connectivity index (χ0v) is 7.86. The predicted octanol–water partition coefficient (Wildman–Crippen LogP) is 0.896. The Bertz CT molecular complexity index is 270. The molecule has 0 spiro atoms. The van der Waals surface area contributed by atoms with Crippen molar-refractivity contribution in [2.75, 3.05) is 18.9 Å². The second kappa shape index (κ2) is 3.38. The van der Waals surface area contributed by atoms with Gasteiger partial charge in [0.25, 0.3) is 0 Å². The van der Waals surface area contributed by atoms with Crippen LogP contribution in [-0.2, 0) is 11.8 Å². The maximum atomic E-state index is 5.83. The minimum atomic E-state index is 0.432. The summed E-state index contributed by atoms with van der Waals surface area (Å²) in [7, 11) is 1.93. The van der Waals surface area contributed by atoms with Crippen LogP contribution in [0.5, 0.6) is 0 Å². The largest absolute Gasteiger partial charge is 0.396 e. The van der Waals surface area contributed by atoms with Crippen LogP contribution in [0.15, 0.2) is 6.20 Å². The number of nitrogens with two attached hydrogens (primary N) is 1. The van der Waals surface area contributed by atoms with Gasteiger partial charge in [-0.3, -0.25) is 4.68 Å². The summed E-state index contributed by atoms with van der Waals surface area (Å²) < 4.78 is 7.28. The zero-order chi connectivity index (χ0) is 9.26. The Hall–Kier alpha value is -1.03. The minimum absolute atomic E-state index is 0.432. The van der Waals surface area contributed by atoms with Crippen molar-refractivity contribution in [1.29, 1.82) is 0 Å². The van der Waals surface area contributed by atoms with E-state index in [0.717, 1.165) is 37.4 Å². The first kappa shape index (κ1) is 8.56. The highest BCUT2D eigenvalue weighted by atomic mass is 16.5. The molecule has 2 rings (SSSR count). The fraction of sp³-hybridized carbons (Fsp3) is 0.667. The van der Waals surface area contributed by atoms with Crippen molar-refractivity contribution in [2.45, 2.75) is 18.8 Å². The molecule has 0 amide bonds. The molecule has 72 valence electrons. The summed E-state index contributed by atoms with van der Waals surface area (Å²) in [5.74, 6) is 0.432. The number of hydrogen-bond donors (Lipinski definition) is 1. The van der Waals surface area contributed by atoms with Crippen molar-refractivity contribution < 1.29 is 4.74 Å². The number of ether oxygens (including phenoxy) is 1. The lowest BCUT2D eigenvalue weighted by Gasteiger charge is -2.22. The Balaban J connectivity index is 2.22. The van der Waals surface area contributed by atoms with Crippen molar-refractivity contribution in [3.8, 4) is 0 Å². The summed E-state index contributed by atoms with van der Waals surface area (Å²) in [6.45, 7) is 1.66.